The Morgan fingerprint density at radius 1 is 1.04 bits per heavy atom. The highest BCUT2D eigenvalue weighted by Gasteiger charge is 2.23. The first-order valence-electron chi connectivity index (χ1n) is 8.40. The molecule has 2 unspecified atom stereocenters. The summed E-state index contributed by atoms with van der Waals surface area (Å²) in [6.45, 7) is 2.63. The summed E-state index contributed by atoms with van der Waals surface area (Å²) >= 11 is 0. The van der Waals surface area contributed by atoms with Crippen LogP contribution < -0.4 is 5.32 Å². The van der Waals surface area contributed by atoms with Gasteiger partial charge in [0.15, 0.2) is 0 Å². The van der Waals surface area contributed by atoms with Crippen molar-refractivity contribution in [2.45, 2.75) is 31.9 Å². The van der Waals surface area contributed by atoms with Crippen molar-refractivity contribution in [2.75, 3.05) is 6.61 Å². The molecular weight excluding hydrogens is 318 g/mol. The van der Waals surface area contributed by atoms with E-state index in [9.17, 15) is 14.7 Å². The Balaban J connectivity index is 1.91. The average Bonchev–Trinajstić information content (AvgIpc) is 2.61. The van der Waals surface area contributed by atoms with Crippen molar-refractivity contribution in [3.05, 3.63) is 59.7 Å². The lowest BCUT2D eigenvalue weighted by Gasteiger charge is -2.28. The van der Waals surface area contributed by atoms with E-state index in [2.05, 4.69) is 5.32 Å². The molecule has 5 heteroatoms. The Morgan fingerprint density at radius 2 is 1.64 bits per heavy atom. The molecule has 1 saturated heterocycles. The molecule has 25 heavy (non-hydrogen) atoms. The third kappa shape index (κ3) is 3.88. The number of hydrogen-bond acceptors (Lipinski definition) is 3. The van der Waals surface area contributed by atoms with E-state index in [1.54, 1.807) is 48.5 Å². The quantitative estimate of drug-likeness (QED) is 0.896. The van der Waals surface area contributed by atoms with Gasteiger partial charge in [-0.2, -0.15) is 0 Å². The average molecular weight is 339 g/mol. The van der Waals surface area contributed by atoms with Gasteiger partial charge in [-0.05, 0) is 43.0 Å². The topological polar surface area (TPSA) is 75.6 Å². The van der Waals surface area contributed by atoms with Gasteiger partial charge in [-0.3, -0.25) is 4.79 Å². The molecule has 2 aromatic carbocycles. The van der Waals surface area contributed by atoms with Crippen molar-refractivity contribution in [1.29, 1.82) is 0 Å². The summed E-state index contributed by atoms with van der Waals surface area (Å²) in [5.41, 5.74) is 1.83. The maximum atomic E-state index is 12.8. The molecule has 5 nitrogen and oxygen atoms in total. The summed E-state index contributed by atoms with van der Waals surface area (Å²) in [4.78, 5) is 24.3. The molecule has 130 valence electrons. The first kappa shape index (κ1) is 17.2. The summed E-state index contributed by atoms with van der Waals surface area (Å²) in [6.07, 6.45) is 1.69. The molecule has 1 aliphatic rings. The van der Waals surface area contributed by atoms with Crippen molar-refractivity contribution in [2.24, 2.45) is 0 Å². The van der Waals surface area contributed by atoms with Crippen molar-refractivity contribution in [1.82, 2.24) is 5.32 Å². The number of hydrogen-bond donors (Lipinski definition) is 2. The number of nitrogens with one attached hydrogen (secondary N) is 1. The number of aromatic carboxylic acids is 1. The minimum atomic E-state index is -1.01. The van der Waals surface area contributed by atoms with Gasteiger partial charge in [0, 0.05) is 18.2 Å². The zero-order chi connectivity index (χ0) is 17.8. The molecule has 0 radical (unpaired) electrons. The lowest BCUT2D eigenvalue weighted by molar-refractivity contribution is 0.0136. The summed E-state index contributed by atoms with van der Waals surface area (Å²) in [6, 6.07) is 13.9. The van der Waals surface area contributed by atoms with Crippen LogP contribution in [0, 0.1) is 0 Å². The second-order valence-corrected chi connectivity index (χ2v) is 6.27. The van der Waals surface area contributed by atoms with E-state index in [0.29, 0.717) is 23.3 Å². The zero-order valence-electron chi connectivity index (χ0n) is 14.1. The Morgan fingerprint density at radius 3 is 2.28 bits per heavy atom. The van der Waals surface area contributed by atoms with E-state index in [0.717, 1.165) is 12.8 Å². The highest BCUT2D eigenvalue weighted by Crippen LogP contribution is 2.27. The third-order valence-electron chi connectivity index (χ3n) is 4.44. The second kappa shape index (κ2) is 7.49. The van der Waals surface area contributed by atoms with Crippen LogP contribution in [0.1, 0.15) is 40.5 Å². The van der Waals surface area contributed by atoms with E-state index in [1.165, 1.54) is 0 Å². The fourth-order valence-electron chi connectivity index (χ4n) is 3.21. The fraction of sp³-hybridized carbons (Fsp3) is 0.300. The van der Waals surface area contributed by atoms with Crippen molar-refractivity contribution < 1.29 is 19.4 Å². The van der Waals surface area contributed by atoms with Crippen molar-refractivity contribution in [3.8, 4) is 11.1 Å². The Kier molecular flexibility index (Phi) is 5.14. The van der Waals surface area contributed by atoms with Gasteiger partial charge in [0.2, 0.25) is 0 Å². The maximum absolute atomic E-state index is 12.8. The van der Waals surface area contributed by atoms with E-state index >= 15 is 0 Å². The summed E-state index contributed by atoms with van der Waals surface area (Å²) < 4.78 is 5.51. The Labute approximate surface area is 146 Å². The normalized spacial score (nSPS) is 20.0. The highest BCUT2D eigenvalue weighted by atomic mass is 16.5. The van der Waals surface area contributed by atoms with Crippen LogP contribution in [-0.4, -0.2) is 35.7 Å². The number of amides is 1. The van der Waals surface area contributed by atoms with Gasteiger partial charge in [0.05, 0.1) is 11.7 Å². The summed E-state index contributed by atoms with van der Waals surface area (Å²) in [5, 5.41) is 12.5. The van der Waals surface area contributed by atoms with E-state index in [-0.39, 0.29) is 23.6 Å². The van der Waals surface area contributed by atoms with Gasteiger partial charge in [0.25, 0.3) is 5.91 Å². The summed E-state index contributed by atoms with van der Waals surface area (Å²) in [7, 11) is 0. The molecule has 0 bridgehead atoms. The SMILES string of the molecule is CC1CC(NC(=O)c2ccccc2-c2ccccc2C(=O)O)CCO1. The van der Waals surface area contributed by atoms with Crippen LogP contribution in [0.25, 0.3) is 11.1 Å². The molecule has 2 atom stereocenters. The third-order valence-corrected chi connectivity index (χ3v) is 4.44. The van der Waals surface area contributed by atoms with E-state index < -0.39 is 5.97 Å². The van der Waals surface area contributed by atoms with Gasteiger partial charge in [-0.15, -0.1) is 0 Å². The van der Waals surface area contributed by atoms with Crippen molar-refractivity contribution >= 4 is 11.9 Å². The molecule has 0 aromatic heterocycles. The molecule has 3 rings (SSSR count). The summed E-state index contributed by atoms with van der Waals surface area (Å²) in [5.74, 6) is -1.20. The monoisotopic (exact) mass is 339 g/mol. The van der Waals surface area contributed by atoms with Crippen LogP contribution in [0.15, 0.2) is 48.5 Å². The second-order valence-electron chi connectivity index (χ2n) is 6.27. The molecule has 1 aliphatic heterocycles. The van der Waals surface area contributed by atoms with Gasteiger partial charge in [0.1, 0.15) is 0 Å². The predicted octanol–water partition coefficient (Wildman–Crippen LogP) is 3.35. The number of rotatable bonds is 4. The van der Waals surface area contributed by atoms with Crippen LogP contribution in [0.2, 0.25) is 0 Å². The van der Waals surface area contributed by atoms with Crippen LogP contribution in [-0.2, 0) is 4.74 Å². The lowest BCUT2D eigenvalue weighted by Crippen LogP contribution is -2.41. The van der Waals surface area contributed by atoms with E-state index in [1.807, 2.05) is 6.92 Å². The molecular formula is C20H21NO4. The van der Waals surface area contributed by atoms with Crippen LogP contribution in [0.5, 0.6) is 0 Å². The molecule has 2 N–H and O–H groups in total. The van der Waals surface area contributed by atoms with Gasteiger partial charge >= 0.3 is 5.97 Å². The molecule has 1 fully saturated rings. The van der Waals surface area contributed by atoms with Crippen LogP contribution in [0.3, 0.4) is 0 Å². The number of carboxylic acids is 1. The van der Waals surface area contributed by atoms with Crippen LogP contribution >= 0.6 is 0 Å². The molecule has 1 heterocycles. The number of benzene rings is 2. The number of ether oxygens (including phenoxy) is 1. The van der Waals surface area contributed by atoms with Crippen molar-refractivity contribution in [3.63, 3.8) is 0 Å². The smallest absolute Gasteiger partial charge is 0.336 e. The van der Waals surface area contributed by atoms with Gasteiger partial charge in [-0.25, -0.2) is 4.79 Å². The first-order valence-corrected chi connectivity index (χ1v) is 8.40. The number of carbonyl (C=O) groups is 2. The van der Waals surface area contributed by atoms with Gasteiger partial charge in [-0.1, -0.05) is 36.4 Å². The standard InChI is InChI=1S/C20H21NO4/c1-13-12-14(10-11-25-13)21-19(22)17-8-4-2-6-15(17)16-7-3-5-9-18(16)20(23)24/h2-9,13-14H,10-12H2,1H3,(H,21,22)(H,23,24). The zero-order valence-corrected chi connectivity index (χ0v) is 14.1. The Hall–Kier alpha value is -2.66. The van der Waals surface area contributed by atoms with Crippen LogP contribution in [0.4, 0.5) is 0 Å². The molecule has 2 aromatic rings. The largest absolute Gasteiger partial charge is 0.478 e. The fourth-order valence-corrected chi connectivity index (χ4v) is 3.21. The molecule has 0 saturated carbocycles. The molecule has 0 spiro atoms. The molecule has 1 amide bonds. The predicted molar refractivity (Wildman–Crippen MR) is 94.7 cm³/mol. The van der Waals surface area contributed by atoms with Gasteiger partial charge < -0.3 is 15.2 Å². The first-order chi connectivity index (χ1) is 12.1. The highest BCUT2D eigenvalue weighted by molar-refractivity contribution is 6.04. The minimum absolute atomic E-state index is 0.0685. The maximum Gasteiger partial charge on any atom is 0.336 e. The minimum Gasteiger partial charge on any atom is -0.478 e. The number of carboxylic acid groups (broad SMARTS) is 1. The number of carbonyl (C=O) groups excluding carboxylic acids is 1. The Bertz CT molecular complexity index is 787. The molecule has 0 aliphatic carbocycles. The van der Waals surface area contributed by atoms with E-state index in [4.69, 9.17) is 4.74 Å². The lowest BCUT2D eigenvalue weighted by atomic mass is 9.94.